The topological polar surface area (TPSA) is 29.1 Å². The van der Waals surface area contributed by atoms with Crippen LogP contribution in [0.1, 0.15) is 13.3 Å². The fraction of sp³-hybridized carbons (Fsp3) is 0.700. The molecule has 0 spiro atoms. The Morgan fingerprint density at radius 2 is 1.93 bits per heavy atom. The van der Waals surface area contributed by atoms with E-state index in [2.05, 4.69) is 26.5 Å². The second kappa shape index (κ2) is 7.83. The van der Waals surface area contributed by atoms with Gasteiger partial charge in [-0.2, -0.15) is 0 Å². The van der Waals surface area contributed by atoms with E-state index in [1.807, 2.05) is 13.0 Å². The predicted octanol–water partition coefficient (Wildman–Crippen LogP) is -2.22. The van der Waals surface area contributed by atoms with Crippen molar-refractivity contribution in [2.45, 2.75) is 13.3 Å². The Balaban J connectivity index is 0. The minimum atomic E-state index is 0. The molecule has 1 N–H and O–H groups in total. The van der Waals surface area contributed by atoms with E-state index >= 15 is 0 Å². The standard InChI is InChI=1S/C10H20N2O.ClH/c1-5-6-7-10(13)11-8-9-12(2,3)4;/h6-7H,5,8-9H2,1-4H3;1H. The van der Waals surface area contributed by atoms with Crippen molar-refractivity contribution in [1.82, 2.24) is 5.32 Å². The van der Waals surface area contributed by atoms with Gasteiger partial charge in [0.15, 0.2) is 0 Å². The molecule has 14 heavy (non-hydrogen) atoms. The van der Waals surface area contributed by atoms with Crippen LogP contribution in [-0.4, -0.2) is 44.6 Å². The smallest absolute Gasteiger partial charge is 0.243 e. The van der Waals surface area contributed by atoms with Gasteiger partial charge < -0.3 is 22.2 Å². The third-order valence-corrected chi connectivity index (χ3v) is 1.59. The summed E-state index contributed by atoms with van der Waals surface area (Å²) in [5.41, 5.74) is 0. The van der Waals surface area contributed by atoms with Crippen LogP contribution in [0.5, 0.6) is 0 Å². The molecule has 4 heteroatoms. The number of rotatable bonds is 5. The molecule has 0 aliphatic rings. The van der Waals surface area contributed by atoms with E-state index in [1.165, 1.54) is 0 Å². The highest BCUT2D eigenvalue weighted by Crippen LogP contribution is 1.86. The molecule has 0 aliphatic carbocycles. The van der Waals surface area contributed by atoms with Gasteiger partial charge in [-0.1, -0.05) is 13.0 Å². The summed E-state index contributed by atoms with van der Waals surface area (Å²) < 4.78 is 0.873. The molecule has 0 unspecified atom stereocenters. The molecule has 0 aliphatic heterocycles. The van der Waals surface area contributed by atoms with Crippen LogP contribution in [-0.2, 0) is 4.79 Å². The van der Waals surface area contributed by atoms with Gasteiger partial charge in [-0.15, -0.1) is 0 Å². The maximum atomic E-state index is 11.1. The number of likely N-dealkylation sites (N-methyl/N-ethyl adjacent to an activating group) is 1. The van der Waals surface area contributed by atoms with Gasteiger partial charge in [0.05, 0.1) is 34.2 Å². The third-order valence-electron chi connectivity index (χ3n) is 1.59. The molecule has 0 saturated carbocycles. The summed E-state index contributed by atoms with van der Waals surface area (Å²) in [7, 11) is 6.32. The normalized spacial score (nSPS) is 11.1. The van der Waals surface area contributed by atoms with Gasteiger partial charge in [-0.3, -0.25) is 4.79 Å². The molecule has 1 amide bonds. The van der Waals surface area contributed by atoms with Crippen LogP contribution in [0.2, 0.25) is 0 Å². The van der Waals surface area contributed by atoms with Crippen molar-refractivity contribution in [3.05, 3.63) is 12.2 Å². The lowest BCUT2D eigenvalue weighted by molar-refractivity contribution is -0.869. The number of carbonyl (C=O) groups is 1. The molecule has 0 aromatic carbocycles. The number of carbonyl (C=O) groups excluding carboxylic acids is 1. The highest BCUT2D eigenvalue weighted by atomic mass is 35.5. The molecular weight excluding hydrogens is 200 g/mol. The van der Waals surface area contributed by atoms with E-state index in [9.17, 15) is 4.79 Å². The van der Waals surface area contributed by atoms with Crippen LogP contribution in [0.4, 0.5) is 0 Å². The molecule has 0 heterocycles. The summed E-state index contributed by atoms with van der Waals surface area (Å²) in [5.74, 6) is 0.00954. The lowest BCUT2D eigenvalue weighted by Crippen LogP contribution is -3.00. The summed E-state index contributed by atoms with van der Waals surface area (Å²) in [6.07, 6.45) is 4.36. The maximum Gasteiger partial charge on any atom is 0.243 e. The number of allylic oxidation sites excluding steroid dienone is 1. The Hall–Kier alpha value is -0.540. The summed E-state index contributed by atoms with van der Waals surface area (Å²) in [6, 6.07) is 0. The van der Waals surface area contributed by atoms with Gasteiger partial charge in [0.2, 0.25) is 5.91 Å². The number of hydrogen-bond acceptors (Lipinski definition) is 1. The lowest BCUT2D eigenvalue weighted by Gasteiger charge is -2.23. The SMILES string of the molecule is CCC=CC(=O)NCC[N+](C)(C)C.[Cl-]. The van der Waals surface area contributed by atoms with Crippen LogP contribution < -0.4 is 17.7 Å². The second-order valence-corrected chi connectivity index (χ2v) is 4.12. The molecule has 0 aromatic heterocycles. The van der Waals surface area contributed by atoms with Crippen LogP contribution >= 0.6 is 0 Å². The van der Waals surface area contributed by atoms with Crippen molar-refractivity contribution in [3.8, 4) is 0 Å². The number of hydrogen-bond donors (Lipinski definition) is 1. The van der Waals surface area contributed by atoms with Crippen molar-refractivity contribution < 1.29 is 21.7 Å². The molecule has 0 atom stereocenters. The van der Waals surface area contributed by atoms with Crippen molar-refractivity contribution in [3.63, 3.8) is 0 Å². The minimum absolute atomic E-state index is 0. The molecule has 0 saturated heterocycles. The molecule has 84 valence electrons. The Labute approximate surface area is 93.2 Å². The van der Waals surface area contributed by atoms with E-state index in [-0.39, 0.29) is 18.3 Å². The minimum Gasteiger partial charge on any atom is -1.00 e. The fourth-order valence-corrected chi connectivity index (χ4v) is 0.798. The summed E-state index contributed by atoms with van der Waals surface area (Å²) >= 11 is 0. The summed E-state index contributed by atoms with van der Waals surface area (Å²) in [5, 5.41) is 2.83. The maximum absolute atomic E-state index is 11.1. The number of nitrogens with zero attached hydrogens (tertiary/aromatic N) is 1. The van der Waals surface area contributed by atoms with Crippen molar-refractivity contribution in [2.24, 2.45) is 0 Å². The highest BCUT2D eigenvalue weighted by Gasteiger charge is 2.05. The van der Waals surface area contributed by atoms with Crippen molar-refractivity contribution in [2.75, 3.05) is 34.2 Å². The average molecular weight is 221 g/mol. The van der Waals surface area contributed by atoms with Crippen molar-refractivity contribution >= 4 is 5.91 Å². The summed E-state index contributed by atoms with van der Waals surface area (Å²) in [4.78, 5) is 11.1. The quantitative estimate of drug-likeness (QED) is 0.413. The first kappa shape index (κ1) is 15.9. The molecule has 0 radical (unpaired) electrons. The van der Waals surface area contributed by atoms with Crippen LogP contribution in [0.15, 0.2) is 12.2 Å². The first-order chi connectivity index (χ1) is 5.95. The molecule has 3 nitrogen and oxygen atoms in total. The molecule has 0 fully saturated rings. The van der Waals surface area contributed by atoms with E-state index in [0.29, 0.717) is 0 Å². The Morgan fingerprint density at radius 1 is 1.36 bits per heavy atom. The van der Waals surface area contributed by atoms with E-state index in [4.69, 9.17) is 0 Å². The van der Waals surface area contributed by atoms with Gasteiger partial charge >= 0.3 is 0 Å². The Bertz CT molecular complexity index is 185. The first-order valence-corrected chi connectivity index (χ1v) is 4.70. The molecule has 0 bridgehead atoms. The van der Waals surface area contributed by atoms with Gasteiger partial charge in [-0.05, 0) is 12.5 Å². The van der Waals surface area contributed by atoms with E-state index in [1.54, 1.807) is 6.08 Å². The third kappa shape index (κ3) is 11.5. The Morgan fingerprint density at radius 3 is 2.36 bits per heavy atom. The summed E-state index contributed by atoms with van der Waals surface area (Å²) in [6.45, 7) is 3.69. The van der Waals surface area contributed by atoms with Crippen molar-refractivity contribution in [1.29, 1.82) is 0 Å². The molecular formula is C10H21ClN2O. The van der Waals surface area contributed by atoms with Crippen LogP contribution in [0.25, 0.3) is 0 Å². The molecule has 0 aromatic rings. The highest BCUT2D eigenvalue weighted by molar-refractivity contribution is 5.87. The van der Waals surface area contributed by atoms with Gasteiger partial charge in [0.25, 0.3) is 0 Å². The number of halogens is 1. The first-order valence-electron chi connectivity index (χ1n) is 4.70. The van der Waals surface area contributed by atoms with E-state index in [0.717, 1.165) is 24.0 Å². The average Bonchev–Trinajstić information content (AvgIpc) is 1.98. The van der Waals surface area contributed by atoms with Gasteiger partial charge in [-0.25, -0.2) is 0 Å². The molecule has 0 rings (SSSR count). The second-order valence-electron chi connectivity index (χ2n) is 4.12. The Kier molecular flexibility index (Phi) is 8.89. The zero-order valence-electron chi connectivity index (χ0n) is 9.51. The monoisotopic (exact) mass is 220 g/mol. The number of amides is 1. The zero-order chi connectivity index (χ0) is 10.3. The predicted molar refractivity (Wildman–Crippen MR) is 55.3 cm³/mol. The van der Waals surface area contributed by atoms with Gasteiger partial charge in [0.1, 0.15) is 0 Å². The fourth-order valence-electron chi connectivity index (χ4n) is 0.798. The van der Waals surface area contributed by atoms with Crippen LogP contribution in [0.3, 0.4) is 0 Å². The van der Waals surface area contributed by atoms with Crippen LogP contribution in [0, 0.1) is 0 Å². The number of quaternary nitrogens is 1. The van der Waals surface area contributed by atoms with E-state index < -0.39 is 0 Å². The largest absolute Gasteiger partial charge is 1.00 e. The number of nitrogens with one attached hydrogen (secondary N) is 1. The lowest BCUT2D eigenvalue weighted by atomic mass is 10.4. The van der Waals surface area contributed by atoms with Gasteiger partial charge in [0, 0.05) is 0 Å². The zero-order valence-corrected chi connectivity index (χ0v) is 10.3.